The number of para-hydroxylation sites is 1. The molecule has 0 saturated carbocycles. The molecular weight excluding hydrogens is 327 g/mol. The number of halogens is 1. The summed E-state index contributed by atoms with van der Waals surface area (Å²) in [5.41, 5.74) is 1.26. The molecular formula is C18H17FN2O2S. The molecule has 1 N–H and O–H groups in total. The number of nitrogens with zero attached hydrogens (tertiary/aromatic N) is 1. The monoisotopic (exact) mass is 344 g/mol. The van der Waals surface area contributed by atoms with Crippen LogP contribution in [0, 0.1) is 17.1 Å². The fourth-order valence-electron chi connectivity index (χ4n) is 2.10. The third-order valence-corrected chi connectivity index (χ3v) is 4.29. The molecule has 0 aromatic heterocycles. The minimum absolute atomic E-state index is 0.0676. The normalized spacial score (nSPS) is 10.0. The van der Waals surface area contributed by atoms with E-state index in [4.69, 9.17) is 10.00 Å². The van der Waals surface area contributed by atoms with E-state index in [1.165, 1.54) is 31.0 Å². The Balaban J connectivity index is 2.02. The summed E-state index contributed by atoms with van der Waals surface area (Å²) in [4.78, 5) is 13.1. The predicted molar refractivity (Wildman–Crippen MR) is 92.7 cm³/mol. The standard InChI is InChI=1S/C18H17FN2O2S/c1-23-16-8-7-13(11-14(16)19)12-18(22)21-15-5-2-3-6-17(15)24-10-4-9-20/h2-3,5-8,11H,4,10,12H2,1H3,(H,21,22). The van der Waals surface area contributed by atoms with Gasteiger partial charge in [0.1, 0.15) is 0 Å². The van der Waals surface area contributed by atoms with Crippen molar-refractivity contribution < 1.29 is 13.9 Å². The highest BCUT2D eigenvalue weighted by Crippen LogP contribution is 2.27. The summed E-state index contributed by atoms with van der Waals surface area (Å²) in [6, 6.07) is 14.0. The van der Waals surface area contributed by atoms with Crippen molar-refractivity contribution in [3.05, 3.63) is 53.8 Å². The minimum atomic E-state index is -0.491. The molecule has 24 heavy (non-hydrogen) atoms. The lowest BCUT2D eigenvalue weighted by Gasteiger charge is -2.10. The van der Waals surface area contributed by atoms with E-state index in [-0.39, 0.29) is 18.1 Å². The number of nitrogens with one attached hydrogen (secondary N) is 1. The van der Waals surface area contributed by atoms with Crippen molar-refractivity contribution in [2.45, 2.75) is 17.7 Å². The first kappa shape index (κ1) is 17.8. The molecule has 0 aliphatic heterocycles. The second-order valence-electron chi connectivity index (χ2n) is 4.95. The van der Waals surface area contributed by atoms with Crippen LogP contribution >= 0.6 is 11.8 Å². The zero-order valence-electron chi connectivity index (χ0n) is 13.2. The molecule has 0 atom stereocenters. The lowest BCUT2D eigenvalue weighted by atomic mass is 10.1. The first-order valence-electron chi connectivity index (χ1n) is 7.35. The summed E-state index contributed by atoms with van der Waals surface area (Å²) in [6.07, 6.45) is 0.510. The van der Waals surface area contributed by atoms with Gasteiger partial charge in [0.05, 0.1) is 25.3 Å². The maximum absolute atomic E-state index is 13.7. The van der Waals surface area contributed by atoms with E-state index in [1.54, 1.807) is 12.1 Å². The van der Waals surface area contributed by atoms with Gasteiger partial charge in [-0.2, -0.15) is 5.26 Å². The van der Waals surface area contributed by atoms with E-state index in [0.29, 0.717) is 23.4 Å². The van der Waals surface area contributed by atoms with E-state index in [0.717, 1.165) is 4.90 Å². The molecule has 4 nitrogen and oxygen atoms in total. The number of ether oxygens (including phenoxy) is 1. The molecule has 0 aliphatic carbocycles. The van der Waals surface area contributed by atoms with Gasteiger partial charge in [0.2, 0.25) is 5.91 Å². The quantitative estimate of drug-likeness (QED) is 0.609. The van der Waals surface area contributed by atoms with E-state index in [2.05, 4.69) is 11.4 Å². The summed E-state index contributed by atoms with van der Waals surface area (Å²) in [5.74, 6) is 0.0918. The van der Waals surface area contributed by atoms with Crippen LogP contribution < -0.4 is 10.1 Å². The number of anilines is 1. The van der Waals surface area contributed by atoms with Crippen LogP contribution in [0.3, 0.4) is 0 Å². The number of nitriles is 1. The Labute approximate surface area is 144 Å². The number of hydrogen-bond donors (Lipinski definition) is 1. The van der Waals surface area contributed by atoms with Gasteiger partial charge in [0, 0.05) is 17.1 Å². The first-order chi connectivity index (χ1) is 11.6. The molecule has 0 spiro atoms. The van der Waals surface area contributed by atoms with Crippen molar-refractivity contribution in [3.63, 3.8) is 0 Å². The molecule has 0 heterocycles. The Hall–Kier alpha value is -2.52. The maximum Gasteiger partial charge on any atom is 0.228 e. The van der Waals surface area contributed by atoms with Crippen molar-refractivity contribution in [2.75, 3.05) is 18.2 Å². The number of hydrogen-bond acceptors (Lipinski definition) is 4. The summed E-state index contributed by atoms with van der Waals surface area (Å²) < 4.78 is 18.5. The largest absolute Gasteiger partial charge is 0.494 e. The molecule has 124 valence electrons. The Morgan fingerprint density at radius 2 is 2.12 bits per heavy atom. The van der Waals surface area contributed by atoms with Crippen molar-refractivity contribution in [2.24, 2.45) is 0 Å². The molecule has 0 bridgehead atoms. The highest BCUT2D eigenvalue weighted by molar-refractivity contribution is 7.99. The van der Waals surface area contributed by atoms with Crippen LogP contribution in [0.2, 0.25) is 0 Å². The zero-order chi connectivity index (χ0) is 17.4. The summed E-state index contributed by atoms with van der Waals surface area (Å²) in [7, 11) is 1.39. The Morgan fingerprint density at radius 3 is 2.83 bits per heavy atom. The molecule has 6 heteroatoms. The summed E-state index contributed by atoms with van der Waals surface area (Å²) in [5, 5.41) is 11.4. The lowest BCUT2D eigenvalue weighted by molar-refractivity contribution is -0.115. The third kappa shape index (κ3) is 5.00. The number of carbonyl (C=O) groups excluding carboxylic acids is 1. The van der Waals surface area contributed by atoms with E-state index < -0.39 is 5.82 Å². The van der Waals surface area contributed by atoms with Gasteiger partial charge in [0.25, 0.3) is 0 Å². The number of rotatable bonds is 7. The van der Waals surface area contributed by atoms with Gasteiger partial charge >= 0.3 is 0 Å². The number of carbonyl (C=O) groups is 1. The number of benzene rings is 2. The van der Waals surface area contributed by atoms with Crippen LogP contribution in [0.4, 0.5) is 10.1 Å². The Kier molecular flexibility index (Phi) is 6.64. The second kappa shape index (κ2) is 8.94. The van der Waals surface area contributed by atoms with Crippen LogP contribution in [-0.4, -0.2) is 18.8 Å². The van der Waals surface area contributed by atoms with E-state index in [1.807, 2.05) is 18.2 Å². The van der Waals surface area contributed by atoms with Gasteiger partial charge in [-0.1, -0.05) is 18.2 Å². The van der Waals surface area contributed by atoms with Gasteiger partial charge < -0.3 is 10.1 Å². The van der Waals surface area contributed by atoms with Crippen LogP contribution in [-0.2, 0) is 11.2 Å². The van der Waals surface area contributed by atoms with E-state index in [9.17, 15) is 9.18 Å². The van der Waals surface area contributed by atoms with Gasteiger partial charge in [-0.25, -0.2) is 4.39 Å². The average Bonchev–Trinajstić information content (AvgIpc) is 2.57. The van der Waals surface area contributed by atoms with Crippen molar-refractivity contribution >= 4 is 23.4 Å². The van der Waals surface area contributed by atoms with Gasteiger partial charge in [0.15, 0.2) is 11.6 Å². The lowest BCUT2D eigenvalue weighted by Crippen LogP contribution is -2.15. The molecule has 2 aromatic carbocycles. The van der Waals surface area contributed by atoms with Crippen LogP contribution in [0.25, 0.3) is 0 Å². The number of methoxy groups -OCH3 is 1. The van der Waals surface area contributed by atoms with Gasteiger partial charge in [-0.05, 0) is 29.8 Å². The van der Waals surface area contributed by atoms with Crippen molar-refractivity contribution in [1.82, 2.24) is 0 Å². The predicted octanol–water partition coefficient (Wildman–Crippen LogP) is 4.02. The first-order valence-corrected chi connectivity index (χ1v) is 8.33. The molecule has 2 aromatic rings. The summed E-state index contributed by atoms with van der Waals surface area (Å²) in [6.45, 7) is 0. The molecule has 1 amide bonds. The highest BCUT2D eigenvalue weighted by Gasteiger charge is 2.10. The summed E-state index contributed by atoms with van der Waals surface area (Å²) >= 11 is 1.51. The molecule has 0 fully saturated rings. The maximum atomic E-state index is 13.7. The Bertz CT molecular complexity index is 759. The van der Waals surface area contributed by atoms with Crippen LogP contribution in [0.5, 0.6) is 5.75 Å². The van der Waals surface area contributed by atoms with Gasteiger partial charge in [-0.15, -0.1) is 11.8 Å². The van der Waals surface area contributed by atoms with E-state index >= 15 is 0 Å². The average molecular weight is 344 g/mol. The topological polar surface area (TPSA) is 62.1 Å². The zero-order valence-corrected chi connectivity index (χ0v) is 14.0. The van der Waals surface area contributed by atoms with Crippen molar-refractivity contribution in [3.8, 4) is 11.8 Å². The van der Waals surface area contributed by atoms with Gasteiger partial charge in [-0.3, -0.25) is 4.79 Å². The fraction of sp³-hybridized carbons (Fsp3) is 0.222. The smallest absolute Gasteiger partial charge is 0.228 e. The second-order valence-corrected chi connectivity index (χ2v) is 6.08. The Morgan fingerprint density at radius 1 is 1.33 bits per heavy atom. The molecule has 0 aliphatic rings. The number of thioether (sulfide) groups is 1. The minimum Gasteiger partial charge on any atom is -0.494 e. The highest BCUT2D eigenvalue weighted by atomic mass is 32.2. The fourth-order valence-corrected chi connectivity index (χ4v) is 2.96. The molecule has 0 unspecified atom stereocenters. The molecule has 0 saturated heterocycles. The van der Waals surface area contributed by atoms with Crippen molar-refractivity contribution in [1.29, 1.82) is 5.26 Å². The number of amides is 1. The molecule has 2 rings (SSSR count). The SMILES string of the molecule is COc1ccc(CC(=O)Nc2ccccc2SCCC#N)cc1F. The van der Waals surface area contributed by atoms with Crippen LogP contribution in [0.15, 0.2) is 47.4 Å². The molecule has 0 radical (unpaired) electrons. The van der Waals surface area contributed by atoms with Crippen LogP contribution in [0.1, 0.15) is 12.0 Å². The third-order valence-electron chi connectivity index (χ3n) is 3.21.